The SMILES string of the molecule is Cc1ccoc1C(=O)c1ccc2c(c1)OCCO2. The van der Waals surface area contributed by atoms with E-state index < -0.39 is 0 Å². The molecule has 0 radical (unpaired) electrons. The molecule has 0 spiro atoms. The molecular weight excluding hydrogens is 232 g/mol. The van der Waals surface area contributed by atoms with Gasteiger partial charge in [-0.05, 0) is 36.8 Å². The predicted molar refractivity (Wildman–Crippen MR) is 64.3 cm³/mol. The summed E-state index contributed by atoms with van der Waals surface area (Å²) in [5.41, 5.74) is 1.37. The molecule has 3 rings (SSSR count). The molecule has 1 aromatic heterocycles. The third-order valence-electron chi connectivity index (χ3n) is 2.87. The van der Waals surface area contributed by atoms with E-state index in [0.29, 0.717) is 36.0 Å². The largest absolute Gasteiger partial charge is 0.486 e. The van der Waals surface area contributed by atoms with Crippen LogP contribution in [0, 0.1) is 6.92 Å². The average molecular weight is 244 g/mol. The topological polar surface area (TPSA) is 48.7 Å². The summed E-state index contributed by atoms with van der Waals surface area (Å²) in [6, 6.07) is 6.93. The Morgan fingerprint density at radius 1 is 1.11 bits per heavy atom. The van der Waals surface area contributed by atoms with Crippen LogP contribution in [0.25, 0.3) is 0 Å². The molecule has 18 heavy (non-hydrogen) atoms. The molecule has 0 saturated heterocycles. The fraction of sp³-hybridized carbons (Fsp3) is 0.214. The first-order chi connectivity index (χ1) is 8.75. The maximum atomic E-state index is 12.2. The number of carbonyl (C=O) groups is 1. The number of ether oxygens (including phenoxy) is 2. The molecule has 4 heteroatoms. The monoisotopic (exact) mass is 244 g/mol. The van der Waals surface area contributed by atoms with Gasteiger partial charge in [-0.15, -0.1) is 0 Å². The molecule has 0 N–H and O–H groups in total. The van der Waals surface area contributed by atoms with Crippen molar-refractivity contribution in [3.63, 3.8) is 0 Å². The molecule has 0 atom stereocenters. The van der Waals surface area contributed by atoms with Crippen LogP contribution in [0.15, 0.2) is 34.9 Å². The lowest BCUT2D eigenvalue weighted by Crippen LogP contribution is -2.15. The number of furan rings is 1. The van der Waals surface area contributed by atoms with Crippen LogP contribution in [0.5, 0.6) is 11.5 Å². The van der Waals surface area contributed by atoms with Crippen molar-refractivity contribution in [2.45, 2.75) is 6.92 Å². The van der Waals surface area contributed by atoms with Crippen LogP contribution in [0.4, 0.5) is 0 Å². The van der Waals surface area contributed by atoms with Gasteiger partial charge in [0.15, 0.2) is 17.3 Å². The lowest BCUT2D eigenvalue weighted by atomic mass is 10.1. The van der Waals surface area contributed by atoms with Gasteiger partial charge >= 0.3 is 0 Å². The molecule has 0 fully saturated rings. The lowest BCUT2D eigenvalue weighted by Gasteiger charge is -2.18. The fourth-order valence-corrected chi connectivity index (χ4v) is 1.92. The first-order valence-corrected chi connectivity index (χ1v) is 5.74. The minimum Gasteiger partial charge on any atom is -0.486 e. The van der Waals surface area contributed by atoms with Gasteiger partial charge in [0.25, 0.3) is 0 Å². The number of aryl methyl sites for hydroxylation is 1. The molecule has 2 heterocycles. The molecule has 2 aromatic rings. The Labute approximate surface area is 104 Å². The van der Waals surface area contributed by atoms with Gasteiger partial charge in [0.1, 0.15) is 13.2 Å². The zero-order chi connectivity index (χ0) is 12.5. The van der Waals surface area contributed by atoms with Crippen LogP contribution >= 0.6 is 0 Å². The first-order valence-electron chi connectivity index (χ1n) is 5.74. The number of ketones is 1. The van der Waals surface area contributed by atoms with E-state index in [1.54, 1.807) is 24.3 Å². The zero-order valence-electron chi connectivity index (χ0n) is 9.93. The van der Waals surface area contributed by atoms with Gasteiger partial charge < -0.3 is 13.9 Å². The smallest absolute Gasteiger partial charge is 0.228 e. The number of fused-ring (bicyclic) bond motifs is 1. The maximum Gasteiger partial charge on any atom is 0.228 e. The summed E-state index contributed by atoms with van der Waals surface area (Å²) >= 11 is 0. The number of rotatable bonds is 2. The molecule has 0 amide bonds. The summed E-state index contributed by atoms with van der Waals surface area (Å²) in [4.78, 5) is 12.2. The van der Waals surface area contributed by atoms with Gasteiger partial charge in [0.05, 0.1) is 6.26 Å². The molecule has 1 aliphatic rings. The molecule has 0 unspecified atom stereocenters. The van der Waals surface area contributed by atoms with Crippen LogP contribution < -0.4 is 9.47 Å². The number of hydrogen-bond acceptors (Lipinski definition) is 4. The van der Waals surface area contributed by atoms with Crippen molar-refractivity contribution in [1.82, 2.24) is 0 Å². The van der Waals surface area contributed by atoms with Crippen molar-refractivity contribution >= 4 is 5.78 Å². The molecule has 1 aromatic carbocycles. The van der Waals surface area contributed by atoms with E-state index in [4.69, 9.17) is 13.9 Å². The Morgan fingerprint density at radius 2 is 1.89 bits per heavy atom. The number of carbonyl (C=O) groups excluding carboxylic acids is 1. The van der Waals surface area contributed by atoms with Crippen LogP contribution in [-0.2, 0) is 0 Å². The van der Waals surface area contributed by atoms with Crippen LogP contribution in [0.2, 0.25) is 0 Å². The zero-order valence-corrected chi connectivity index (χ0v) is 9.93. The van der Waals surface area contributed by atoms with Crippen molar-refractivity contribution < 1.29 is 18.7 Å². The molecular formula is C14H12O4. The summed E-state index contributed by atoms with van der Waals surface area (Å²) in [6.45, 7) is 2.89. The van der Waals surface area contributed by atoms with E-state index in [9.17, 15) is 4.79 Å². The summed E-state index contributed by atoms with van der Waals surface area (Å²) in [7, 11) is 0. The van der Waals surface area contributed by atoms with Crippen LogP contribution in [0.3, 0.4) is 0 Å². The van der Waals surface area contributed by atoms with Gasteiger partial charge in [-0.25, -0.2) is 0 Å². The molecule has 0 aliphatic carbocycles. The standard InChI is InChI=1S/C14H12O4/c1-9-4-5-18-14(9)13(15)10-2-3-11-12(8-10)17-7-6-16-11/h2-5,8H,6-7H2,1H3. The van der Waals surface area contributed by atoms with Crippen molar-refractivity contribution in [2.24, 2.45) is 0 Å². The lowest BCUT2D eigenvalue weighted by molar-refractivity contribution is 0.101. The van der Waals surface area contributed by atoms with E-state index in [-0.39, 0.29) is 5.78 Å². The first kappa shape index (κ1) is 10.9. The number of benzene rings is 1. The minimum atomic E-state index is -0.144. The summed E-state index contributed by atoms with van der Waals surface area (Å²) in [6.07, 6.45) is 1.51. The van der Waals surface area contributed by atoms with Crippen molar-refractivity contribution in [2.75, 3.05) is 13.2 Å². The highest BCUT2D eigenvalue weighted by Gasteiger charge is 2.19. The Bertz CT molecular complexity index is 598. The van der Waals surface area contributed by atoms with Crippen molar-refractivity contribution in [3.05, 3.63) is 47.4 Å². The van der Waals surface area contributed by atoms with Gasteiger partial charge in [-0.3, -0.25) is 4.79 Å². The summed E-state index contributed by atoms with van der Waals surface area (Å²) in [5, 5.41) is 0. The third kappa shape index (κ3) is 1.76. The molecule has 92 valence electrons. The summed E-state index contributed by atoms with van der Waals surface area (Å²) in [5.74, 6) is 1.51. The summed E-state index contributed by atoms with van der Waals surface area (Å²) < 4.78 is 16.1. The quantitative estimate of drug-likeness (QED) is 0.762. The second-order valence-corrected chi connectivity index (χ2v) is 4.12. The second kappa shape index (κ2) is 4.22. The highest BCUT2D eigenvalue weighted by Crippen LogP contribution is 2.31. The van der Waals surface area contributed by atoms with E-state index in [2.05, 4.69) is 0 Å². The van der Waals surface area contributed by atoms with E-state index >= 15 is 0 Å². The highest BCUT2D eigenvalue weighted by molar-refractivity contribution is 6.08. The van der Waals surface area contributed by atoms with Gasteiger partial charge in [-0.1, -0.05) is 0 Å². The van der Waals surface area contributed by atoms with E-state index in [1.807, 2.05) is 6.92 Å². The van der Waals surface area contributed by atoms with Crippen LogP contribution in [-0.4, -0.2) is 19.0 Å². The van der Waals surface area contributed by atoms with Crippen LogP contribution in [0.1, 0.15) is 21.7 Å². The third-order valence-corrected chi connectivity index (χ3v) is 2.87. The van der Waals surface area contributed by atoms with E-state index in [0.717, 1.165) is 5.56 Å². The fourth-order valence-electron chi connectivity index (χ4n) is 1.92. The normalized spacial score (nSPS) is 13.4. The number of hydrogen-bond donors (Lipinski definition) is 0. The average Bonchev–Trinajstić information content (AvgIpc) is 2.83. The van der Waals surface area contributed by atoms with Gasteiger partial charge in [0, 0.05) is 5.56 Å². The van der Waals surface area contributed by atoms with Gasteiger partial charge in [-0.2, -0.15) is 0 Å². The second-order valence-electron chi connectivity index (χ2n) is 4.12. The Kier molecular flexibility index (Phi) is 2.55. The Morgan fingerprint density at radius 3 is 2.61 bits per heavy atom. The molecule has 4 nitrogen and oxygen atoms in total. The van der Waals surface area contributed by atoms with E-state index in [1.165, 1.54) is 6.26 Å². The minimum absolute atomic E-state index is 0.144. The Balaban J connectivity index is 1.98. The maximum absolute atomic E-state index is 12.2. The Hall–Kier alpha value is -2.23. The molecule has 0 saturated carbocycles. The molecule has 0 bridgehead atoms. The van der Waals surface area contributed by atoms with Crippen molar-refractivity contribution in [3.8, 4) is 11.5 Å². The predicted octanol–water partition coefficient (Wildman–Crippen LogP) is 2.59. The van der Waals surface area contributed by atoms with Crippen molar-refractivity contribution in [1.29, 1.82) is 0 Å². The van der Waals surface area contributed by atoms with Gasteiger partial charge in [0.2, 0.25) is 5.78 Å². The highest BCUT2D eigenvalue weighted by atomic mass is 16.6. The molecule has 1 aliphatic heterocycles.